The van der Waals surface area contributed by atoms with Crippen LogP contribution in [-0.4, -0.2) is 6.61 Å². The maximum absolute atomic E-state index is 14.6. The zero-order valence-corrected chi connectivity index (χ0v) is 23.8. The summed E-state index contributed by atoms with van der Waals surface area (Å²) in [6.45, 7) is 4.28. The van der Waals surface area contributed by atoms with E-state index in [-0.39, 0.29) is 11.3 Å². The van der Waals surface area contributed by atoms with Crippen LogP contribution < -0.4 is 4.74 Å². The van der Waals surface area contributed by atoms with Gasteiger partial charge in [0.05, 0.1) is 6.61 Å². The zero-order chi connectivity index (χ0) is 27.9. The molecule has 0 atom stereocenters. The summed E-state index contributed by atoms with van der Waals surface area (Å²) in [5, 5.41) is 2.72. The van der Waals surface area contributed by atoms with Gasteiger partial charge in [0.1, 0.15) is 0 Å². The first-order valence-corrected chi connectivity index (χ1v) is 14.9. The van der Waals surface area contributed by atoms with Crippen LogP contribution in [-0.2, 0) is 12.8 Å². The van der Waals surface area contributed by atoms with Crippen LogP contribution in [0, 0.1) is 17.6 Å². The van der Waals surface area contributed by atoms with Crippen molar-refractivity contribution in [3.63, 3.8) is 0 Å². The van der Waals surface area contributed by atoms with Crippen LogP contribution in [0.2, 0.25) is 0 Å². The molecule has 4 aromatic carbocycles. The summed E-state index contributed by atoms with van der Waals surface area (Å²) >= 11 is 0. The first-order valence-electron chi connectivity index (χ1n) is 14.9. The lowest BCUT2D eigenvalue weighted by atomic mass is 9.78. The Balaban J connectivity index is 1.10. The number of aryl methyl sites for hydroxylation is 2. The van der Waals surface area contributed by atoms with Crippen molar-refractivity contribution in [2.45, 2.75) is 71.1 Å². The lowest BCUT2D eigenvalue weighted by Gasteiger charge is -2.27. The number of fused-ring (bicyclic) bond motifs is 1. The molecule has 1 nitrogen and oxygen atoms in total. The monoisotopic (exact) mass is 538 g/mol. The van der Waals surface area contributed by atoms with Gasteiger partial charge in [0, 0.05) is 5.56 Å². The Labute approximate surface area is 237 Å². The van der Waals surface area contributed by atoms with Crippen LogP contribution in [0.4, 0.5) is 8.78 Å². The average Bonchev–Trinajstić information content (AvgIpc) is 2.98. The van der Waals surface area contributed by atoms with Crippen molar-refractivity contribution in [2.75, 3.05) is 6.61 Å². The van der Waals surface area contributed by atoms with Crippen LogP contribution in [0.3, 0.4) is 0 Å². The van der Waals surface area contributed by atoms with Crippen molar-refractivity contribution < 1.29 is 13.5 Å². The van der Waals surface area contributed by atoms with Gasteiger partial charge in [-0.15, -0.1) is 0 Å². The maximum atomic E-state index is 14.6. The predicted octanol–water partition coefficient (Wildman–Crippen LogP) is 10.6. The van der Waals surface area contributed by atoms with Crippen molar-refractivity contribution >= 4 is 10.8 Å². The molecule has 0 spiro atoms. The Bertz CT molecular complexity index is 1450. The highest BCUT2D eigenvalue weighted by Crippen LogP contribution is 2.37. The molecule has 0 heterocycles. The molecule has 0 saturated heterocycles. The highest BCUT2D eigenvalue weighted by molar-refractivity contribution is 5.84. The molecule has 208 valence electrons. The minimum Gasteiger partial charge on any atom is -0.491 e. The summed E-state index contributed by atoms with van der Waals surface area (Å²) in [5.74, 6) is -0.515. The van der Waals surface area contributed by atoms with Crippen molar-refractivity contribution in [1.82, 2.24) is 0 Å². The van der Waals surface area contributed by atoms with Crippen molar-refractivity contribution in [3.05, 3.63) is 113 Å². The molecule has 1 saturated carbocycles. The molecule has 1 aliphatic rings. The Kier molecular flexibility index (Phi) is 9.31. The number of allylic oxidation sites excluding steroid dienone is 2. The van der Waals surface area contributed by atoms with E-state index < -0.39 is 11.6 Å². The Morgan fingerprint density at radius 1 is 0.750 bits per heavy atom. The smallest absolute Gasteiger partial charge is 0.201 e. The molecular formula is C37H40F2O. The van der Waals surface area contributed by atoms with Crippen LogP contribution in [0.5, 0.6) is 5.75 Å². The third-order valence-corrected chi connectivity index (χ3v) is 8.33. The predicted molar refractivity (Wildman–Crippen MR) is 163 cm³/mol. The van der Waals surface area contributed by atoms with Gasteiger partial charge in [-0.25, -0.2) is 4.39 Å². The Morgan fingerprint density at radius 2 is 1.48 bits per heavy atom. The fraction of sp³-hybridized carbons (Fsp3) is 0.351. The molecule has 5 rings (SSSR count). The second-order valence-corrected chi connectivity index (χ2v) is 11.1. The van der Waals surface area contributed by atoms with Gasteiger partial charge in [-0.05, 0) is 109 Å². The molecule has 0 unspecified atom stereocenters. The van der Waals surface area contributed by atoms with E-state index >= 15 is 0 Å². The molecule has 0 radical (unpaired) electrons. The second kappa shape index (κ2) is 13.3. The molecule has 1 fully saturated rings. The van der Waals surface area contributed by atoms with Crippen LogP contribution in [0.25, 0.3) is 21.9 Å². The van der Waals surface area contributed by atoms with E-state index in [1.54, 1.807) is 13.0 Å². The first-order chi connectivity index (χ1) is 19.6. The van der Waals surface area contributed by atoms with Gasteiger partial charge in [-0.1, -0.05) is 86.2 Å². The van der Waals surface area contributed by atoms with E-state index in [0.717, 1.165) is 19.3 Å². The first kappa shape index (κ1) is 28.1. The minimum atomic E-state index is -0.930. The minimum absolute atomic E-state index is 0.0462. The molecule has 0 aromatic heterocycles. The summed E-state index contributed by atoms with van der Waals surface area (Å²) < 4.78 is 34.0. The summed E-state index contributed by atoms with van der Waals surface area (Å²) in [6.07, 6.45) is 14.0. The molecule has 1 aliphatic carbocycles. The molecule has 40 heavy (non-hydrogen) atoms. The number of halogens is 2. The fourth-order valence-electron chi connectivity index (χ4n) is 6.07. The third-order valence-electron chi connectivity index (χ3n) is 8.33. The van der Waals surface area contributed by atoms with Gasteiger partial charge in [0.15, 0.2) is 11.6 Å². The number of hydrogen-bond donors (Lipinski definition) is 0. The van der Waals surface area contributed by atoms with Gasteiger partial charge >= 0.3 is 0 Å². The van der Waals surface area contributed by atoms with Gasteiger partial charge in [-0.2, -0.15) is 4.39 Å². The van der Waals surface area contributed by atoms with Crippen LogP contribution in [0.15, 0.2) is 84.9 Å². The van der Waals surface area contributed by atoms with Crippen LogP contribution in [0.1, 0.15) is 75.0 Å². The maximum Gasteiger partial charge on any atom is 0.201 e. The molecule has 0 bridgehead atoms. The number of ether oxygens (including phenoxy) is 1. The summed E-state index contributed by atoms with van der Waals surface area (Å²) in [6, 6.07) is 24.8. The van der Waals surface area contributed by atoms with Gasteiger partial charge in [-0.3, -0.25) is 0 Å². The normalized spacial score (nSPS) is 17.5. The fourth-order valence-corrected chi connectivity index (χ4v) is 6.07. The lowest BCUT2D eigenvalue weighted by Crippen LogP contribution is -2.11. The van der Waals surface area contributed by atoms with Gasteiger partial charge in [0.2, 0.25) is 5.82 Å². The second-order valence-electron chi connectivity index (χ2n) is 11.1. The van der Waals surface area contributed by atoms with E-state index in [0.29, 0.717) is 24.0 Å². The Morgan fingerprint density at radius 3 is 2.23 bits per heavy atom. The zero-order valence-electron chi connectivity index (χ0n) is 23.8. The summed E-state index contributed by atoms with van der Waals surface area (Å²) in [5.41, 5.74) is 5.05. The van der Waals surface area contributed by atoms with Gasteiger partial charge < -0.3 is 4.74 Å². The topological polar surface area (TPSA) is 9.23 Å². The lowest BCUT2D eigenvalue weighted by molar-refractivity contribution is 0.314. The number of benzene rings is 4. The number of rotatable bonds is 10. The molecule has 0 aliphatic heterocycles. The van der Waals surface area contributed by atoms with E-state index in [1.807, 2.05) is 24.3 Å². The van der Waals surface area contributed by atoms with Gasteiger partial charge in [0.25, 0.3) is 0 Å². The third kappa shape index (κ3) is 6.63. The quantitative estimate of drug-likeness (QED) is 0.182. The van der Waals surface area contributed by atoms with Crippen molar-refractivity contribution in [2.24, 2.45) is 5.92 Å². The van der Waals surface area contributed by atoms with Crippen molar-refractivity contribution in [3.8, 4) is 16.9 Å². The Hall–Kier alpha value is -3.46. The molecule has 0 amide bonds. The summed E-state index contributed by atoms with van der Waals surface area (Å²) in [4.78, 5) is 0. The van der Waals surface area contributed by atoms with E-state index in [4.69, 9.17) is 4.74 Å². The summed E-state index contributed by atoms with van der Waals surface area (Å²) in [7, 11) is 0. The molecule has 4 aromatic rings. The van der Waals surface area contributed by atoms with E-state index in [1.165, 1.54) is 65.6 Å². The number of hydrogen-bond acceptors (Lipinski definition) is 1. The average molecular weight is 539 g/mol. The van der Waals surface area contributed by atoms with E-state index in [2.05, 4.69) is 55.5 Å². The van der Waals surface area contributed by atoms with E-state index in [9.17, 15) is 8.78 Å². The largest absolute Gasteiger partial charge is 0.491 e. The highest BCUT2D eigenvalue weighted by atomic mass is 19.2. The highest BCUT2D eigenvalue weighted by Gasteiger charge is 2.21. The van der Waals surface area contributed by atoms with Crippen LogP contribution >= 0.6 is 0 Å². The van der Waals surface area contributed by atoms with Crippen molar-refractivity contribution in [1.29, 1.82) is 0 Å². The standard InChI is InChI=1S/C37H40F2O/c1-3-7-28-14-19-33-25-32(21-20-31(33)24-28)29-15-10-26(11-16-29)8-5-6-9-27-12-17-30(18-13-27)34-22-23-35(40-4-2)37(39)36(34)38/h5,8,12-14,17-26,29H,3-4,6-7,9-11,15-16H2,1-2H3/b8-5+. The molecule has 0 N–H and O–H groups in total. The molecule has 3 heteroatoms. The molecular weight excluding hydrogens is 498 g/mol. The SMILES string of the molecule is CCCc1ccc2cc(C3CCC(/C=C/CCc4ccc(-c5ccc(OCC)c(F)c5F)cc4)CC3)ccc2c1.